The maximum atomic E-state index is 12.9. The van der Waals surface area contributed by atoms with Crippen LogP contribution in [0.1, 0.15) is 44.2 Å². The molecule has 1 aromatic rings. The zero-order valence-corrected chi connectivity index (χ0v) is 17.1. The van der Waals surface area contributed by atoms with Crippen molar-refractivity contribution in [3.63, 3.8) is 0 Å². The number of piperidine rings is 1. The molecular weight excluding hydrogens is 354 g/mol. The number of likely N-dealkylation sites (tertiary alicyclic amines) is 2. The normalized spacial score (nSPS) is 20.7. The summed E-state index contributed by atoms with van der Waals surface area (Å²) in [5.74, 6) is -0.0762. The summed E-state index contributed by atoms with van der Waals surface area (Å²) in [5, 5.41) is 3.05. The van der Waals surface area contributed by atoms with Crippen molar-refractivity contribution >= 4 is 17.7 Å². The van der Waals surface area contributed by atoms with E-state index >= 15 is 0 Å². The number of nitrogens with one attached hydrogen (secondary N) is 1. The van der Waals surface area contributed by atoms with E-state index in [-0.39, 0.29) is 35.6 Å². The van der Waals surface area contributed by atoms with Gasteiger partial charge in [-0.15, -0.1) is 0 Å². The van der Waals surface area contributed by atoms with Gasteiger partial charge in [-0.3, -0.25) is 14.4 Å². The third-order valence-corrected chi connectivity index (χ3v) is 5.74. The number of hydrogen-bond acceptors (Lipinski definition) is 3. The summed E-state index contributed by atoms with van der Waals surface area (Å²) in [4.78, 5) is 40.8. The van der Waals surface area contributed by atoms with E-state index in [1.54, 1.807) is 4.90 Å². The summed E-state index contributed by atoms with van der Waals surface area (Å²) >= 11 is 0. The van der Waals surface area contributed by atoms with Crippen LogP contribution in [0.25, 0.3) is 0 Å². The lowest BCUT2D eigenvalue weighted by atomic mass is 10.0. The first kappa shape index (κ1) is 20.4. The molecule has 2 heterocycles. The molecule has 0 radical (unpaired) electrons. The molecule has 3 amide bonds. The van der Waals surface area contributed by atoms with Crippen LogP contribution in [-0.2, 0) is 20.9 Å². The van der Waals surface area contributed by atoms with Gasteiger partial charge >= 0.3 is 0 Å². The standard InChI is InChI=1S/C22H31N3O3/c1-15(2)21(27)23-19-8-10-24(11-9-19)22(28)18-12-20(26)25(14-18)13-17-6-4-16(3)5-7-17/h4-7,15,18-19H,8-14H2,1-3H3,(H,23,27). The van der Waals surface area contributed by atoms with E-state index in [1.807, 2.05) is 49.9 Å². The Kier molecular flexibility index (Phi) is 6.37. The van der Waals surface area contributed by atoms with Crippen molar-refractivity contribution in [2.75, 3.05) is 19.6 Å². The number of amides is 3. The lowest BCUT2D eigenvalue weighted by molar-refractivity contribution is -0.137. The molecule has 3 rings (SSSR count). The Morgan fingerprint density at radius 1 is 1.14 bits per heavy atom. The van der Waals surface area contributed by atoms with E-state index in [1.165, 1.54) is 5.56 Å². The fourth-order valence-corrected chi connectivity index (χ4v) is 3.87. The minimum Gasteiger partial charge on any atom is -0.353 e. The fraction of sp³-hybridized carbons (Fsp3) is 0.591. The van der Waals surface area contributed by atoms with E-state index in [9.17, 15) is 14.4 Å². The Morgan fingerprint density at radius 3 is 2.39 bits per heavy atom. The molecule has 2 aliphatic heterocycles. The van der Waals surface area contributed by atoms with Crippen LogP contribution in [-0.4, -0.2) is 53.2 Å². The largest absolute Gasteiger partial charge is 0.353 e. The molecule has 1 aromatic carbocycles. The van der Waals surface area contributed by atoms with Crippen molar-refractivity contribution < 1.29 is 14.4 Å². The Labute approximate surface area is 167 Å². The zero-order chi connectivity index (χ0) is 20.3. The second-order valence-electron chi connectivity index (χ2n) is 8.42. The van der Waals surface area contributed by atoms with Crippen molar-refractivity contribution in [3.05, 3.63) is 35.4 Å². The summed E-state index contributed by atoms with van der Waals surface area (Å²) in [7, 11) is 0. The Morgan fingerprint density at radius 2 is 1.79 bits per heavy atom. The fourth-order valence-electron chi connectivity index (χ4n) is 3.87. The van der Waals surface area contributed by atoms with Crippen LogP contribution in [0.2, 0.25) is 0 Å². The number of carbonyl (C=O) groups excluding carboxylic acids is 3. The number of benzene rings is 1. The molecule has 1 unspecified atom stereocenters. The van der Waals surface area contributed by atoms with Gasteiger partial charge in [0.15, 0.2) is 0 Å². The van der Waals surface area contributed by atoms with E-state index in [4.69, 9.17) is 0 Å². The third-order valence-electron chi connectivity index (χ3n) is 5.74. The van der Waals surface area contributed by atoms with Gasteiger partial charge in [-0.2, -0.15) is 0 Å². The molecule has 1 atom stereocenters. The second kappa shape index (κ2) is 8.76. The number of carbonyl (C=O) groups is 3. The molecule has 6 heteroatoms. The monoisotopic (exact) mass is 385 g/mol. The molecule has 0 saturated carbocycles. The van der Waals surface area contributed by atoms with E-state index in [0.29, 0.717) is 32.6 Å². The molecule has 0 bridgehead atoms. The van der Waals surface area contributed by atoms with E-state index in [0.717, 1.165) is 18.4 Å². The first-order valence-corrected chi connectivity index (χ1v) is 10.3. The topological polar surface area (TPSA) is 69.7 Å². The summed E-state index contributed by atoms with van der Waals surface area (Å²) < 4.78 is 0. The molecular formula is C22H31N3O3. The number of rotatable bonds is 5. The van der Waals surface area contributed by atoms with Crippen molar-refractivity contribution in [3.8, 4) is 0 Å². The summed E-state index contributed by atoms with van der Waals surface area (Å²) in [6.45, 7) is 8.15. The van der Waals surface area contributed by atoms with Crippen molar-refractivity contribution in [2.45, 2.75) is 52.6 Å². The predicted molar refractivity (Wildman–Crippen MR) is 107 cm³/mol. The molecule has 0 aromatic heterocycles. The lowest BCUT2D eigenvalue weighted by Crippen LogP contribution is -2.49. The minimum absolute atomic E-state index is 0.0244. The van der Waals surface area contributed by atoms with Gasteiger partial charge in [-0.25, -0.2) is 0 Å². The van der Waals surface area contributed by atoms with Gasteiger partial charge in [0.1, 0.15) is 0 Å². The summed E-state index contributed by atoms with van der Waals surface area (Å²) in [6.07, 6.45) is 1.85. The number of hydrogen-bond donors (Lipinski definition) is 1. The van der Waals surface area contributed by atoms with Gasteiger partial charge in [0, 0.05) is 44.6 Å². The number of aryl methyl sites for hydroxylation is 1. The highest BCUT2D eigenvalue weighted by Crippen LogP contribution is 2.24. The molecule has 6 nitrogen and oxygen atoms in total. The average Bonchev–Trinajstić information content (AvgIpc) is 3.04. The molecule has 152 valence electrons. The van der Waals surface area contributed by atoms with Gasteiger partial charge in [0.25, 0.3) is 0 Å². The first-order chi connectivity index (χ1) is 13.3. The molecule has 2 aliphatic rings. The quantitative estimate of drug-likeness (QED) is 0.844. The average molecular weight is 386 g/mol. The summed E-state index contributed by atoms with van der Waals surface area (Å²) in [5.41, 5.74) is 2.28. The SMILES string of the molecule is Cc1ccc(CN2CC(C(=O)N3CCC(NC(=O)C(C)C)CC3)CC2=O)cc1. The van der Waals surface area contributed by atoms with Gasteiger partial charge in [0.2, 0.25) is 17.7 Å². The maximum Gasteiger partial charge on any atom is 0.227 e. The molecule has 28 heavy (non-hydrogen) atoms. The molecule has 1 N–H and O–H groups in total. The number of nitrogens with zero attached hydrogens (tertiary/aromatic N) is 2. The molecule has 2 saturated heterocycles. The Balaban J connectivity index is 1.49. The first-order valence-electron chi connectivity index (χ1n) is 10.3. The van der Waals surface area contributed by atoms with Crippen LogP contribution in [0.4, 0.5) is 0 Å². The van der Waals surface area contributed by atoms with Gasteiger partial charge < -0.3 is 15.1 Å². The van der Waals surface area contributed by atoms with Crippen LogP contribution in [0.5, 0.6) is 0 Å². The molecule has 0 spiro atoms. The highest BCUT2D eigenvalue weighted by atomic mass is 16.2. The van der Waals surface area contributed by atoms with E-state index < -0.39 is 0 Å². The van der Waals surface area contributed by atoms with Gasteiger partial charge in [-0.05, 0) is 25.3 Å². The van der Waals surface area contributed by atoms with Crippen LogP contribution < -0.4 is 5.32 Å². The highest BCUT2D eigenvalue weighted by Gasteiger charge is 2.37. The smallest absolute Gasteiger partial charge is 0.227 e. The lowest BCUT2D eigenvalue weighted by Gasteiger charge is -2.34. The van der Waals surface area contributed by atoms with E-state index in [2.05, 4.69) is 5.32 Å². The predicted octanol–water partition coefficient (Wildman–Crippen LogP) is 2.11. The van der Waals surface area contributed by atoms with Crippen molar-refractivity contribution in [1.82, 2.24) is 15.1 Å². The summed E-state index contributed by atoms with van der Waals surface area (Å²) in [6, 6.07) is 8.30. The third kappa shape index (κ3) is 4.91. The Bertz CT molecular complexity index is 721. The van der Waals surface area contributed by atoms with Crippen LogP contribution >= 0.6 is 0 Å². The maximum absolute atomic E-state index is 12.9. The molecule has 2 fully saturated rings. The van der Waals surface area contributed by atoms with Crippen LogP contribution in [0.3, 0.4) is 0 Å². The highest BCUT2D eigenvalue weighted by molar-refractivity contribution is 5.89. The molecule has 0 aliphatic carbocycles. The van der Waals surface area contributed by atoms with Gasteiger partial charge in [0.05, 0.1) is 5.92 Å². The van der Waals surface area contributed by atoms with Crippen LogP contribution in [0.15, 0.2) is 24.3 Å². The Hall–Kier alpha value is -2.37. The van der Waals surface area contributed by atoms with Crippen LogP contribution in [0, 0.1) is 18.8 Å². The second-order valence-corrected chi connectivity index (χ2v) is 8.42. The van der Waals surface area contributed by atoms with Crippen molar-refractivity contribution in [1.29, 1.82) is 0 Å². The van der Waals surface area contributed by atoms with Crippen molar-refractivity contribution in [2.24, 2.45) is 11.8 Å². The van der Waals surface area contributed by atoms with Gasteiger partial charge in [-0.1, -0.05) is 43.7 Å². The zero-order valence-electron chi connectivity index (χ0n) is 17.1. The minimum atomic E-state index is -0.250.